The zero-order chi connectivity index (χ0) is 42.6. The van der Waals surface area contributed by atoms with E-state index >= 15 is 0 Å². The molecule has 0 atom stereocenters. The van der Waals surface area contributed by atoms with Crippen molar-refractivity contribution >= 4 is 111 Å². The van der Waals surface area contributed by atoms with Crippen molar-refractivity contribution in [2.75, 3.05) is 9.80 Å². The van der Waals surface area contributed by atoms with Gasteiger partial charge in [0.2, 0.25) is 0 Å². The molecule has 1 aromatic heterocycles. The second-order valence-electron chi connectivity index (χ2n) is 17.3. The first-order valence-electron chi connectivity index (χ1n) is 22.4. The Bertz CT molecular complexity index is 3720. The Morgan fingerprint density at radius 1 is 0.338 bits per heavy atom. The molecule has 11 aromatic carbocycles. The smallest absolute Gasteiger partial charge is 0.252 e. The predicted molar refractivity (Wildman–Crippen MR) is 274 cm³/mol. The lowest BCUT2D eigenvalue weighted by atomic mass is 9.33. The Kier molecular flexibility index (Phi) is 7.75. The summed E-state index contributed by atoms with van der Waals surface area (Å²) >= 11 is 0. The summed E-state index contributed by atoms with van der Waals surface area (Å²) in [5.41, 5.74) is 14.5. The SMILES string of the molecule is c1ccc(-c2nc(-c3cc4c5c(c3)N(c3ccccc3)c3c(ccc6c3ccc3ccccc36)B5c3ccc5c(ccc6ccccc65)c3N4c3ccccc3)c3ccccc3n2)cc1. The average molecular weight is 825 g/mol. The number of nitrogens with zero attached hydrogens (tertiary/aromatic N) is 4. The number of fused-ring (bicyclic) bond motifs is 13. The number of hydrogen-bond acceptors (Lipinski definition) is 4. The van der Waals surface area contributed by atoms with Gasteiger partial charge in [0, 0.05) is 61.4 Å². The Labute approximate surface area is 376 Å². The van der Waals surface area contributed by atoms with Crippen molar-refractivity contribution in [3.63, 3.8) is 0 Å². The van der Waals surface area contributed by atoms with Crippen LogP contribution in [0.15, 0.2) is 224 Å². The van der Waals surface area contributed by atoms with E-state index in [2.05, 4.69) is 228 Å². The van der Waals surface area contributed by atoms with Crippen molar-refractivity contribution in [2.45, 2.75) is 0 Å². The van der Waals surface area contributed by atoms with Gasteiger partial charge in [0.15, 0.2) is 5.82 Å². The fraction of sp³-hybridized carbons (Fsp3) is 0. The molecule has 0 aliphatic carbocycles. The topological polar surface area (TPSA) is 32.3 Å². The van der Waals surface area contributed by atoms with Crippen molar-refractivity contribution in [3.05, 3.63) is 224 Å². The minimum atomic E-state index is -0.0762. The third-order valence-corrected chi connectivity index (χ3v) is 13.8. The van der Waals surface area contributed by atoms with Crippen LogP contribution in [-0.4, -0.2) is 16.7 Å². The molecule has 300 valence electrons. The zero-order valence-corrected chi connectivity index (χ0v) is 35.2. The second kappa shape index (κ2) is 14.0. The molecular formula is C60H37BN4. The van der Waals surface area contributed by atoms with Gasteiger partial charge in [0.25, 0.3) is 6.71 Å². The summed E-state index contributed by atoms with van der Waals surface area (Å²) < 4.78 is 0. The van der Waals surface area contributed by atoms with Crippen LogP contribution >= 0.6 is 0 Å². The lowest BCUT2D eigenvalue weighted by Crippen LogP contribution is -2.61. The summed E-state index contributed by atoms with van der Waals surface area (Å²) in [4.78, 5) is 15.7. The first-order valence-corrected chi connectivity index (χ1v) is 22.4. The van der Waals surface area contributed by atoms with Crippen LogP contribution in [0.2, 0.25) is 0 Å². The molecule has 0 spiro atoms. The molecular weight excluding hydrogens is 787 g/mol. The molecule has 0 bridgehead atoms. The number of para-hydroxylation sites is 3. The van der Waals surface area contributed by atoms with Crippen LogP contribution in [0, 0.1) is 0 Å². The molecule has 12 aromatic rings. The van der Waals surface area contributed by atoms with Crippen molar-refractivity contribution < 1.29 is 0 Å². The fourth-order valence-electron chi connectivity index (χ4n) is 11.0. The summed E-state index contributed by atoms with van der Waals surface area (Å²) in [7, 11) is 0. The van der Waals surface area contributed by atoms with Crippen LogP contribution < -0.4 is 26.2 Å². The van der Waals surface area contributed by atoms with Gasteiger partial charge in [-0.2, -0.15) is 0 Å². The number of benzene rings is 11. The summed E-state index contributed by atoms with van der Waals surface area (Å²) in [6.07, 6.45) is 0. The van der Waals surface area contributed by atoms with Gasteiger partial charge in [-0.15, -0.1) is 0 Å². The second-order valence-corrected chi connectivity index (χ2v) is 17.3. The third-order valence-electron chi connectivity index (χ3n) is 13.8. The Balaban J connectivity index is 1.17. The summed E-state index contributed by atoms with van der Waals surface area (Å²) in [5.74, 6) is 0.704. The van der Waals surface area contributed by atoms with E-state index in [-0.39, 0.29) is 6.71 Å². The number of aromatic nitrogens is 2. The normalized spacial score (nSPS) is 12.8. The molecule has 0 saturated carbocycles. The summed E-state index contributed by atoms with van der Waals surface area (Å²) in [5, 5.41) is 10.9. The quantitative estimate of drug-likeness (QED) is 0.131. The Morgan fingerprint density at radius 3 is 1.35 bits per heavy atom. The van der Waals surface area contributed by atoms with E-state index in [1.54, 1.807) is 0 Å². The van der Waals surface area contributed by atoms with Gasteiger partial charge >= 0.3 is 0 Å². The molecule has 3 heterocycles. The predicted octanol–water partition coefficient (Wildman–Crippen LogP) is 13.7. The third kappa shape index (κ3) is 5.33. The standard InChI is InChI=1S/C60H37BN4/c1-4-18-40(19-5-1)60-62-53-27-15-14-26-50(53)57(63-60)41-36-54-56-55(37-41)65(43-22-8-3-9-23-43)59-49-31-29-39-17-11-13-25-45(39)47(49)33-35-52(59)61(56)51-34-32-46-44-24-12-10-16-38(44)28-30-48(46)58(51)64(54)42-20-6-2-7-21-42/h1-37H. The zero-order valence-electron chi connectivity index (χ0n) is 35.2. The minimum absolute atomic E-state index is 0.0762. The van der Waals surface area contributed by atoms with E-state index < -0.39 is 0 Å². The molecule has 0 N–H and O–H groups in total. The Morgan fingerprint density at radius 2 is 0.800 bits per heavy atom. The molecule has 0 saturated heterocycles. The van der Waals surface area contributed by atoms with E-state index in [4.69, 9.17) is 9.97 Å². The highest BCUT2D eigenvalue weighted by molar-refractivity contribution is 7.00. The van der Waals surface area contributed by atoms with Crippen LogP contribution in [0.25, 0.3) is 76.6 Å². The van der Waals surface area contributed by atoms with Gasteiger partial charge in [-0.3, -0.25) is 0 Å². The van der Waals surface area contributed by atoms with Gasteiger partial charge in [0.1, 0.15) is 0 Å². The van der Waals surface area contributed by atoms with Crippen LogP contribution in [-0.2, 0) is 0 Å². The molecule has 0 unspecified atom stereocenters. The van der Waals surface area contributed by atoms with Gasteiger partial charge in [-0.05, 0) is 91.2 Å². The number of rotatable bonds is 4. The Hall–Kier alpha value is -8.54. The van der Waals surface area contributed by atoms with Crippen molar-refractivity contribution in [1.29, 1.82) is 0 Å². The lowest BCUT2D eigenvalue weighted by Gasteiger charge is -2.45. The summed E-state index contributed by atoms with van der Waals surface area (Å²) in [6.45, 7) is -0.0762. The maximum atomic E-state index is 5.51. The molecule has 2 aliphatic rings. The van der Waals surface area contributed by atoms with E-state index in [0.29, 0.717) is 5.82 Å². The monoisotopic (exact) mass is 824 g/mol. The number of anilines is 6. The maximum absolute atomic E-state index is 5.51. The molecule has 0 fully saturated rings. The van der Waals surface area contributed by atoms with Gasteiger partial charge < -0.3 is 9.80 Å². The maximum Gasteiger partial charge on any atom is 0.252 e. The van der Waals surface area contributed by atoms with Gasteiger partial charge in [0.05, 0.1) is 11.2 Å². The van der Waals surface area contributed by atoms with Gasteiger partial charge in [-0.25, -0.2) is 9.97 Å². The van der Waals surface area contributed by atoms with Crippen LogP contribution in [0.5, 0.6) is 0 Å². The molecule has 4 nitrogen and oxygen atoms in total. The summed E-state index contributed by atoms with van der Waals surface area (Å²) in [6, 6.07) is 81.9. The molecule has 14 rings (SSSR count). The van der Waals surface area contributed by atoms with Crippen molar-refractivity contribution in [2.24, 2.45) is 0 Å². The number of hydrogen-bond donors (Lipinski definition) is 0. The van der Waals surface area contributed by atoms with Crippen molar-refractivity contribution in [1.82, 2.24) is 9.97 Å². The molecule has 0 amide bonds. The highest BCUT2D eigenvalue weighted by atomic mass is 15.2. The van der Waals surface area contributed by atoms with Crippen LogP contribution in [0.3, 0.4) is 0 Å². The first-order chi connectivity index (χ1) is 32.3. The first kappa shape index (κ1) is 36.0. The lowest BCUT2D eigenvalue weighted by molar-refractivity contribution is 1.22. The van der Waals surface area contributed by atoms with E-state index in [1.807, 2.05) is 6.07 Å². The largest absolute Gasteiger partial charge is 0.311 e. The van der Waals surface area contributed by atoms with E-state index in [1.165, 1.54) is 70.9 Å². The van der Waals surface area contributed by atoms with Crippen molar-refractivity contribution in [3.8, 4) is 22.6 Å². The average Bonchev–Trinajstić information content (AvgIpc) is 3.38. The molecule has 0 radical (unpaired) electrons. The van der Waals surface area contributed by atoms with Crippen LogP contribution in [0.1, 0.15) is 0 Å². The molecule has 65 heavy (non-hydrogen) atoms. The van der Waals surface area contributed by atoms with E-state index in [9.17, 15) is 0 Å². The molecule has 5 heteroatoms. The van der Waals surface area contributed by atoms with Gasteiger partial charge in [-0.1, -0.05) is 182 Å². The molecule has 2 aliphatic heterocycles. The highest BCUT2D eigenvalue weighted by Crippen LogP contribution is 2.50. The minimum Gasteiger partial charge on any atom is -0.311 e. The van der Waals surface area contributed by atoms with Crippen LogP contribution in [0.4, 0.5) is 34.1 Å². The highest BCUT2D eigenvalue weighted by Gasteiger charge is 2.45. The van der Waals surface area contributed by atoms with E-state index in [0.717, 1.165) is 50.5 Å². The fourth-order valence-corrected chi connectivity index (χ4v) is 11.0.